The molecule has 0 spiro atoms. The molecule has 0 bridgehead atoms. The quantitative estimate of drug-likeness (QED) is 0.0340. The third-order valence-electron chi connectivity index (χ3n) is 7.95. The number of alkyl halides is 6. The number of hydrogen-bond acceptors (Lipinski definition) is 15. The monoisotopic (exact) mass is 870 g/mol. The number of nitrogen functional groups attached to an aromatic ring is 1. The normalized spacial score (nSPS) is 14.2. The van der Waals surface area contributed by atoms with Crippen LogP contribution in [0.1, 0.15) is 24.0 Å². The first-order valence-corrected chi connectivity index (χ1v) is 17.9. The van der Waals surface area contributed by atoms with E-state index in [1.165, 1.54) is 30.5 Å². The summed E-state index contributed by atoms with van der Waals surface area (Å²) in [6, 6.07) is 8.51. The van der Waals surface area contributed by atoms with E-state index < -0.39 is 46.9 Å². The van der Waals surface area contributed by atoms with Crippen molar-refractivity contribution in [2.45, 2.75) is 25.2 Å². The fourth-order valence-corrected chi connectivity index (χ4v) is 5.11. The summed E-state index contributed by atoms with van der Waals surface area (Å²) in [5, 5.41) is 8.33. The van der Waals surface area contributed by atoms with E-state index >= 15 is 0 Å². The van der Waals surface area contributed by atoms with Gasteiger partial charge in [-0.25, -0.2) is 30.0 Å². The fourth-order valence-electron chi connectivity index (χ4n) is 5.11. The lowest BCUT2D eigenvalue weighted by Gasteiger charge is -2.27. The van der Waals surface area contributed by atoms with Crippen molar-refractivity contribution >= 4 is 59.2 Å². The van der Waals surface area contributed by atoms with E-state index in [-0.39, 0.29) is 47.7 Å². The van der Waals surface area contributed by atoms with Crippen molar-refractivity contribution in [1.82, 2.24) is 19.9 Å². The highest BCUT2D eigenvalue weighted by molar-refractivity contribution is 5.99. The van der Waals surface area contributed by atoms with Gasteiger partial charge in [0.25, 0.3) is 0 Å². The van der Waals surface area contributed by atoms with E-state index in [0.717, 1.165) is 36.7 Å². The summed E-state index contributed by atoms with van der Waals surface area (Å²) in [5.74, 6) is 3.55. The molecule has 2 fully saturated rings. The Kier molecular flexibility index (Phi) is 17.5. The zero-order valence-corrected chi connectivity index (χ0v) is 31.8. The average molecular weight is 871 g/mol. The van der Waals surface area contributed by atoms with Crippen molar-refractivity contribution in [1.29, 1.82) is 0 Å². The molecule has 2 saturated heterocycles. The summed E-state index contributed by atoms with van der Waals surface area (Å²) in [6.07, 6.45) is -5.85. The van der Waals surface area contributed by atoms with Gasteiger partial charge in [-0.2, -0.15) is 41.4 Å². The topological polar surface area (TPSA) is 214 Å². The average Bonchev–Trinajstić information content (AvgIpc) is 3.24. The zero-order valence-electron chi connectivity index (χ0n) is 31.8. The predicted molar refractivity (Wildman–Crippen MR) is 205 cm³/mol. The van der Waals surface area contributed by atoms with E-state index in [1.807, 2.05) is 0 Å². The smallest absolute Gasteiger partial charge is 0.378 e. The number of anilines is 6. The molecule has 0 atom stereocenters. The summed E-state index contributed by atoms with van der Waals surface area (Å²) in [4.78, 5) is 51.8. The van der Waals surface area contributed by atoms with Gasteiger partial charge >= 0.3 is 12.4 Å². The molecule has 2 aromatic heterocycles. The number of carbonyl (C=O) groups is 3. The first-order chi connectivity index (χ1) is 29.1. The second kappa shape index (κ2) is 22.7. The minimum atomic E-state index is -4.50. The zero-order chi connectivity index (χ0) is 44.4. The van der Waals surface area contributed by atoms with Gasteiger partial charge in [0.1, 0.15) is 6.29 Å². The second-order valence-electron chi connectivity index (χ2n) is 12.3. The van der Waals surface area contributed by atoms with Crippen LogP contribution >= 0.6 is 0 Å². The lowest BCUT2D eigenvalue weighted by molar-refractivity contribution is -0.138. The van der Waals surface area contributed by atoms with E-state index in [0.29, 0.717) is 58.9 Å². The largest absolute Gasteiger partial charge is 0.416 e. The molecule has 0 radical (unpaired) electrons. The predicted octanol–water partition coefficient (Wildman–Crippen LogP) is 4.87. The first kappa shape index (κ1) is 47.1. The molecule has 0 unspecified atom stereocenters. The molecule has 4 aromatic rings. The number of nitrogens with two attached hydrogens (primary N) is 1. The minimum absolute atomic E-state index is 0.0154. The Morgan fingerprint density at radius 2 is 1.16 bits per heavy atom. The highest BCUT2D eigenvalue weighted by Gasteiger charge is 2.31. The number of aldehydes is 1. The summed E-state index contributed by atoms with van der Waals surface area (Å²) >= 11 is 0. The Morgan fingerprint density at radius 3 is 1.61 bits per heavy atom. The maximum absolute atomic E-state index is 14.0. The van der Waals surface area contributed by atoms with Gasteiger partial charge in [0.15, 0.2) is 23.3 Å². The van der Waals surface area contributed by atoms with Crippen molar-refractivity contribution in [2.24, 2.45) is 10.9 Å². The van der Waals surface area contributed by atoms with Crippen LogP contribution in [0.15, 0.2) is 66.0 Å². The maximum atomic E-state index is 14.0. The lowest BCUT2D eigenvalue weighted by Crippen LogP contribution is -2.37. The number of nitrogens with zero attached hydrogens (tertiary/aromatic N) is 7. The van der Waals surface area contributed by atoms with Crippen LogP contribution in [0.3, 0.4) is 0 Å². The minimum Gasteiger partial charge on any atom is -0.378 e. The van der Waals surface area contributed by atoms with Gasteiger partial charge < -0.3 is 34.7 Å². The van der Waals surface area contributed by atoms with Gasteiger partial charge in [0.05, 0.1) is 62.8 Å². The van der Waals surface area contributed by atoms with Crippen LogP contribution in [0.4, 0.5) is 70.0 Å². The summed E-state index contributed by atoms with van der Waals surface area (Å²) in [7, 11) is 0. The fraction of sp³-hybridized carbons (Fsp3) is 0.333. The van der Waals surface area contributed by atoms with E-state index in [4.69, 9.17) is 15.3 Å². The van der Waals surface area contributed by atoms with Gasteiger partial charge in [-0.3, -0.25) is 15.0 Å². The number of hydrazone groups is 1. The number of carbonyl (C=O) groups excluding carboxylic acids is 3. The Labute approximate surface area is 341 Å². The number of nitrogens with one attached hydrogen (secondary N) is 4. The van der Waals surface area contributed by atoms with E-state index in [1.54, 1.807) is 9.80 Å². The molecule has 0 saturated carbocycles. The molecule has 17 nitrogen and oxygen atoms in total. The third-order valence-corrected chi connectivity index (χ3v) is 7.95. The van der Waals surface area contributed by atoms with Crippen molar-refractivity contribution in [3.63, 3.8) is 0 Å². The van der Waals surface area contributed by atoms with Gasteiger partial charge in [-0.15, -0.1) is 0 Å². The molecule has 6 rings (SSSR count). The maximum Gasteiger partial charge on any atom is 0.416 e. The second-order valence-corrected chi connectivity index (χ2v) is 12.3. The number of ether oxygens (including phenoxy) is 2. The van der Waals surface area contributed by atoms with Crippen LogP contribution in [0, 0.1) is 11.6 Å². The lowest BCUT2D eigenvalue weighted by atomic mass is 10.2. The van der Waals surface area contributed by atoms with E-state index in [2.05, 4.69) is 46.5 Å². The highest BCUT2D eigenvalue weighted by Crippen LogP contribution is 2.31. The number of rotatable bonds is 11. The van der Waals surface area contributed by atoms with Gasteiger partial charge in [-0.1, -0.05) is 12.1 Å². The highest BCUT2D eigenvalue weighted by atomic mass is 19.4. The van der Waals surface area contributed by atoms with Crippen molar-refractivity contribution in [2.75, 3.05) is 83.9 Å². The molecule has 2 aromatic carbocycles. The van der Waals surface area contributed by atoms with Crippen molar-refractivity contribution < 1.29 is 59.0 Å². The SMILES string of the molecule is NNc1ncc(F)c(N2CCOCC2)n1.O=C(C/C=N/Nc1ncc(F)c(N2CCOCC2)n1)Nc1cccc(C(F)(F)F)c1.O=CCC(=O)Nc1cccc(C(F)(F)F)c1. The van der Waals surface area contributed by atoms with Crippen LogP contribution < -0.4 is 37.1 Å². The third kappa shape index (κ3) is 15.5. The Balaban J connectivity index is 0.000000222. The molecule has 0 aliphatic carbocycles. The molecule has 2 aliphatic rings. The number of hydrazine groups is 1. The van der Waals surface area contributed by atoms with Crippen LogP contribution in [0.5, 0.6) is 0 Å². The molecular weight excluding hydrogens is 832 g/mol. The Hall–Kier alpha value is -6.60. The molecule has 328 valence electrons. The summed E-state index contributed by atoms with van der Waals surface area (Å²) in [5.41, 5.74) is 3.11. The number of morpholine rings is 2. The van der Waals surface area contributed by atoms with Gasteiger partial charge in [0.2, 0.25) is 23.7 Å². The summed E-state index contributed by atoms with van der Waals surface area (Å²) in [6.45, 7) is 4.31. The van der Waals surface area contributed by atoms with Crippen LogP contribution in [-0.4, -0.2) is 96.9 Å². The van der Waals surface area contributed by atoms with Crippen LogP contribution in [-0.2, 0) is 36.2 Å². The summed E-state index contributed by atoms with van der Waals surface area (Å²) < 4.78 is 113. The van der Waals surface area contributed by atoms with E-state index in [9.17, 15) is 49.5 Å². The Bertz CT molecular complexity index is 2100. The van der Waals surface area contributed by atoms with Crippen LogP contribution in [0.25, 0.3) is 0 Å². The number of aromatic nitrogens is 4. The molecule has 6 N–H and O–H groups in total. The standard InChI is InChI=1S/C18H18F4N6O2.C10H8F3NO2.C8H12FN5O/c19-14-11-23-17(26-16(14)28-6-8-30-9-7-28)27-24-5-4-15(29)25-13-3-1-2-12(10-13)18(20,21)22;11-10(12,13)7-2-1-3-8(6-7)14-9(16)4-5-15;9-6-5-11-8(13-10)12-7(6)14-1-3-15-4-2-14/h1-3,5,10-11H,4,6-9H2,(H,25,29)(H,23,26,27);1-3,5-6H,4H2,(H,14,16);5H,1-4,10H2,(H,11,12,13)/b24-5+;;. The molecule has 2 amide bonds. The molecular formula is C36H38F8N12O5. The molecule has 4 heterocycles. The number of hydrogen-bond donors (Lipinski definition) is 5. The van der Waals surface area contributed by atoms with Crippen molar-refractivity contribution in [3.05, 3.63) is 83.7 Å². The molecule has 61 heavy (non-hydrogen) atoms. The van der Waals surface area contributed by atoms with Gasteiger partial charge in [0, 0.05) is 43.8 Å². The number of amides is 2. The molecule has 25 heteroatoms. The Morgan fingerprint density at radius 1 is 0.721 bits per heavy atom. The van der Waals surface area contributed by atoms with Crippen LogP contribution in [0.2, 0.25) is 0 Å². The van der Waals surface area contributed by atoms with Gasteiger partial charge in [-0.05, 0) is 36.4 Å². The first-order valence-electron chi connectivity index (χ1n) is 17.9. The number of benzene rings is 2. The molecule has 2 aliphatic heterocycles. The number of halogens is 8. The van der Waals surface area contributed by atoms with Crippen molar-refractivity contribution in [3.8, 4) is 0 Å².